The molecule has 1 aromatic rings. The Bertz CT molecular complexity index is 349. The van der Waals surface area contributed by atoms with Crippen molar-refractivity contribution in [3.8, 4) is 0 Å². The standard InChI is InChI=1S/C12H17ClN2S/c1-9-6-15(7-10(2)16-9)8-12-5-11(13)3-4-14-12/h3-5,9-10H,6-8H2,1-2H3. The lowest BCUT2D eigenvalue weighted by molar-refractivity contribution is 0.260. The van der Waals surface area contributed by atoms with Crippen LogP contribution in [0.25, 0.3) is 0 Å². The first-order chi connectivity index (χ1) is 7.63. The predicted octanol–water partition coefficient (Wildman–Crippen LogP) is 3.06. The molecule has 2 nitrogen and oxygen atoms in total. The van der Waals surface area contributed by atoms with Gasteiger partial charge >= 0.3 is 0 Å². The highest BCUT2D eigenvalue weighted by Gasteiger charge is 2.22. The van der Waals surface area contributed by atoms with E-state index in [0.717, 1.165) is 30.4 Å². The largest absolute Gasteiger partial charge is 0.295 e. The van der Waals surface area contributed by atoms with Gasteiger partial charge in [0.1, 0.15) is 0 Å². The second-order valence-corrected chi connectivity index (χ2v) is 6.73. The number of rotatable bonds is 2. The van der Waals surface area contributed by atoms with E-state index in [9.17, 15) is 0 Å². The van der Waals surface area contributed by atoms with Crippen LogP contribution in [-0.4, -0.2) is 33.5 Å². The molecule has 1 fully saturated rings. The number of hydrogen-bond donors (Lipinski definition) is 0. The Morgan fingerprint density at radius 3 is 2.75 bits per heavy atom. The van der Waals surface area contributed by atoms with Crippen LogP contribution < -0.4 is 0 Å². The van der Waals surface area contributed by atoms with Crippen molar-refractivity contribution in [3.05, 3.63) is 29.0 Å². The summed E-state index contributed by atoms with van der Waals surface area (Å²) in [6.07, 6.45) is 1.78. The summed E-state index contributed by atoms with van der Waals surface area (Å²) < 4.78 is 0. The Labute approximate surface area is 106 Å². The van der Waals surface area contributed by atoms with Crippen molar-refractivity contribution in [1.82, 2.24) is 9.88 Å². The molecular formula is C12H17ClN2S. The van der Waals surface area contributed by atoms with E-state index in [0.29, 0.717) is 10.5 Å². The van der Waals surface area contributed by atoms with Crippen molar-refractivity contribution in [1.29, 1.82) is 0 Å². The average molecular weight is 257 g/mol. The minimum Gasteiger partial charge on any atom is -0.295 e. The van der Waals surface area contributed by atoms with Gasteiger partial charge in [0.15, 0.2) is 0 Å². The zero-order valence-corrected chi connectivity index (χ0v) is 11.3. The van der Waals surface area contributed by atoms with Crippen LogP contribution in [0.15, 0.2) is 18.3 Å². The lowest BCUT2D eigenvalue weighted by Gasteiger charge is -2.34. The first kappa shape index (κ1) is 12.2. The summed E-state index contributed by atoms with van der Waals surface area (Å²) in [6, 6.07) is 3.78. The van der Waals surface area contributed by atoms with Gasteiger partial charge in [0.2, 0.25) is 0 Å². The van der Waals surface area contributed by atoms with E-state index in [1.807, 2.05) is 12.1 Å². The molecule has 16 heavy (non-hydrogen) atoms. The van der Waals surface area contributed by atoms with Gasteiger partial charge in [-0.15, -0.1) is 0 Å². The molecule has 2 rings (SSSR count). The molecular weight excluding hydrogens is 240 g/mol. The van der Waals surface area contributed by atoms with Crippen molar-refractivity contribution in [2.45, 2.75) is 30.9 Å². The highest BCUT2D eigenvalue weighted by molar-refractivity contribution is 8.00. The van der Waals surface area contributed by atoms with Crippen molar-refractivity contribution in [2.75, 3.05) is 13.1 Å². The minimum atomic E-state index is 0.711. The molecule has 4 heteroatoms. The third-order valence-electron chi connectivity index (χ3n) is 2.66. The second-order valence-electron chi connectivity index (χ2n) is 4.42. The topological polar surface area (TPSA) is 16.1 Å². The molecule has 1 saturated heterocycles. The molecule has 1 aliphatic rings. The minimum absolute atomic E-state index is 0.711. The lowest BCUT2D eigenvalue weighted by atomic mass is 10.3. The molecule has 0 aliphatic carbocycles. The Morgan fingerprint density at radius 1 is 1.44 bits per heavy atom. The molecule has 1 aromatic heterocycles. The molecule has 2 heterocycles. The smallest absolute Gasteiger partial charge is 0.0558 e. The van der Waals surface area contributed by atoms with Crippen molar-refractivity contribution in [3.63, 3.8) is 0 Å². The van der Waals surface area contributed by atoms with Crippen molar-refractivity contribution in [2.24, 2.45) is 0 Å². The third kappa shape index (κ3) is 3.37. The van der Waals surface area contributed by atoms with Crippen LogP contribution >= 0.6 is 23.4 Å². The number of hydrogen-bond acceptors (Lipinski definition) is 3. The SMILES string of the molecule is CC1CN(Cc2cc(Cl)ccn2)CC(C)S1. The summed E-state index contributed by atoms with van der Waals surface area (Å²) in [5.41, 5.74) is 1.07. The van der Waals surface area contributed by atoms with Crippen LogP contribution in [0.1, 0.15) is 19.5 Å². The van der Waals surface area contributed by atoms with Gasteiger partial charge in [0.05, 0.1) is 5.69 Å². The number of thioether (sulfide) groups is 1. The van der Waals surface area contributed by atoms with Crippen LogP contribution in [0.3, 0.4) is 0 Å². The Balaban J connectivity index is 1.98. The quantitative estimate of drug-likeness (QED) is 0.809. The molecule has 2 unspecified atom stereocenters. The number of aromatic nitrogens is 1. The van der Waals surface area contributed by atoms with Gasteiger partial charge in [-0.05, 0) is 12.1 Å². The highest BCUT2D eigenvalue weighted by Crippen LogP contribution is 2.25. The normalized spacial score (nSPS) is 26.9. The van der Waals surface area contributed by atoms with Gasteiger partial charge in [0, 0.05) is 41.4 Å². The van der Waals surface area contributed by atoms with Crippen LogP contribution in [0.2, 0.25) is 5.02 Å². The van der Waals surface area contributed by atoms with E-state index >= 15 is 0 Å². The zero-order valence-electron chi connectivity index (χ0n) is 9.69. The van der Waals surface area contributed by atoms with Gasteiger partial charge in [-0.1, -0.05) is 25.4 Å². The van der Waals surface area contributed by atoms with Gasteiger partial charge in [-0.2, -0.15) is 11.8 Å². The summed E-state index contributed by atoms with van der Waals surface area (Å²) in [5, 5.41) is 2.20. The fourth-order valence-electron chi connectivity index (χ4n) is 2.18. The summed E-state index contributed by atoms with van der Waals surface area (Å²) in [6.45, 7) is 7.78. The Morgan fingerprint density at radius 2 is 2.12 bits per heavy atom. The van der Waals surface area contributed by atoms with Crippen LogP contribution in [0.4, 0.5) is 0 Å². The van der Waals surface area contributed by atoms with E-state index < -0.39 is 0 Å². The predicted molar refractivity (Wildman–Crippen MR) is 71.0 cm³/mol. The molecule has 0 radical (unpaired) electrons. The maximum absolute atomic E-state index is 5.96. The molecule has 0 aromatic carbocycles. The molecule has 1 aliphatic heterocycles. The van der Waals surface area contributed by atoms with Crippen LogP contribution in [0.5, 0.6) is 0 Å². The van der Waals surface area contributed by atoms with Crippen molar-refractivity contribution < 1.29 is 0 Å². The summed E-state index contributed by atoms with van der Waals surface area (Å²) in [7, 11) is 0. The van der Waals surface area contributed by atoms with Crippen LogP contribution in [-0.2, 0) is 6.54 Å². The van der Waals surface area contributed by atoms with Gasteiger partial charge in [-0.3, -0.25) is 9.88 Å². The molecule has 0 spiro atoms. The fourth-order valence-corrected chi connectivity index (χ4v) is 3.75. The average Bonchev–Trinajstić information content (AvgIpc) is 2.15. The molecule has 0 saturated carbocycles. The van der Waals surface area contributed by atoms with E-state index in [1.54, 1.807) is 6.20 Å². The zero-order chi connectivity index (χ0) is 11.5. The monoisotopic (exact) mass is 256 g/mol. The van der Waals surface area contributed by atoms with E-state index in [-0.39, 0.29) is 0 Å². The highest BCUT2D eigenvalue weighted by atomic mass is 35.5. The van der Waals surface area contributed by atoms with E-state index in [2.05, 4.69) is 35.5 Å². The van der Waals surface area contributed by atoms with E-state index in [4.69, 9.17) is 11.6 Å². The summed E-state index contributed by atoms with van der Waals surface area (Å²) in [4.78, 5) is 6.81. The maximum atomic E-state index is 5.96. The van der Waals surface area contributed by atoms with Crippen molar-refractivity contribution >= 4 is 23.4 Å². The molecule has 2 atom stereocenters. The number of halogens is 1. The van der Waals surface area contributed by atoms with Gasteiger partial charge in [-0.25, -0.2) is 0 Å². The van der Waals surface area contributed by atoms with Gasteiger partial charge < -0.3 is 0 Å². The summed E-state index contributed by atoms with van der Waals surface area (Å²) >= 11 is 8.03. The number of nitrogens with zero attached hydrogens (tertiary/aromatic N) is 2. The Kier molecular flexibility index (Phi) is 4.11. The second kappa shape index (κ2) is 5.39. The molecule has 0 N–H and O–H groups in total. The first-order valence-electron chi connectivity index (χ1n) is 5.61. The molecule has 0 amide bonds. The Hall–Kier alpha value is -0.250. The van der Waals surface area contributed by atoms with Crippen LogP contribution in [0, 0.1) is 0 Å². The van der Waals surface area contributed by atoms with E-state index in [1.165, 1.54) is 0 Å². The number of pyridine rings is 1. The molecule has 88 valence electrons. The van der Waals surface area contributed by atoms with Gasteiger partial charge in [0.25, 0.3) is 0 Å². The third-order valence-corrected chi connectivity index (χ3v) is 4.12. The molecule has 0 bridgehead atoms. The fraction of sp³-hybridized carbons (Fsp3) is 0.583. The summed E-state index contributed by atoms with van der Waals surface area (Å²) in [5.74, 6) is 0. The maximum Gasteiger partial charge on any atom is 0.0558 e. The first-order valence-corrected chi connectivity index (χ1v) is 6.94. The lowest BCUT2D eigenvalue weighted by Crippen LogP contribution is -2.39.